The summed E-state index contributed by atoms with van der Waals surface area (Å²) in [5.41, 5.74) is 3.66. The van der Waals surface area contributed by atoms with Gasteiger partial charge in [0.2, 0.25) is 0 Å². The fourth-order valence-electron chi connectivity index (χ4n) is 4.66. The molecule has 0 saturated heterocycles. The van der Waals surface area contributed by atoms with Crippen molar-refractivity contribution < 1.29 is 23.8 Å². The molecule has 0 aromatic heterocycles. The predicted molar refractivity (Wildman–Crippen MR) is 183 cm³/mol. The number of carbonyl (C=O) groups excluding carboxylic acids is 2. The number of benzene rings is 2. The van der Waals surface area contributed by atoms with Crippen molar-refractivity contribution in [2.45, 2.75) is 59.8 Å². The molecule has 2 aromatic rings. The molecule has 0 aliphatic rings. The van der Waals surface area contributed by atoms with Gasteiger partial charge >= 0.3 is 11.9 Å². The van der Waals surface area contributed by atoms with Gasteiger partial charge in [-0.1, -0.05) is 51.0 Å². The molecule has 9 heteroatoms. The molecule has 0 unspecified atom stereocenters. The normalized spacial score (nSPS) is 11.3. The lowest BCUT2D eigenvalue weighted by Crippen LogP contribution is -2.29. The van der Waals surface area contributed by atoms with Gasteiger partial charge in [0.15, 0.2) is 0 Å². The van der Waals surface area contributed by atoms with E-state index in [9.17, 15) is 20.1 Å². The quantitative estimate of drug-likeness (QED) is 0.0627. The second kappa shape index (κ2) is 22.0. The van der Waals surface area contributed by atoms with Crippen molar-refractivity contribution in [1.29, 1.82) is 10.5 Å². The van der Waals surface area contributed by atoms with Crippen molar-refractivity contribution >= 4 is 35.5 Å². The molecule has 0 spiro atoms. The highest BCUT2D eigenvalue weighted by Crippen LogP contribution is 2.20. The summed E-state index contributed by atoms with van der Waals surface area (Å²) < 4.78 is 16.0. The van der Waals surface area contributed by atoms with Crippen LogP contribution in [0.25, 0.3) is 12.2 Å². The molecule has 0 heterocycles. The second-order valence-corrected chi connectivity index (χ2v) is 10.6. The number of carbonyl (C=O) groups is 2. The molecule has 0 radical (unpaired) electrons. The SMILES string of the molecule is CCCCN(CCCOCCN(CCCC)c1ccc(/C=C(\C#N)C(=O)OCC)cc1)c1ccc(/C=C(\C#N)C(=O)OCC)cc1. The number of ether oxygens (including phenoxy) is 3. The van der Waals surface area contributed by atoms with Gasteiger partial charge in [0.1, 0.15) is 23.3 Å². The number of nitriles is 2. The first-order valence-corrected chi connectivity index (χ1v) is 16.3. The molecule has 0 amide bonds. The minimum atomic E-state index is -0.613. The first-order chi connectivity index (χ1) is 22.4. The van der Waals surface area contributed by atoms with Crippen LogP contribution in [0.3, 0.4) is 0 Å². The zero-order valence-corrected chi connectivity index (χ0v) is 27.8. The van der Waals surface area contributed by atoms with Crippen LogP contribution in [0.2, 0.25) is 0 Å². The average molecular weight is 629 g/mol. The van der Waals surface area contributed by atoms with E-state index in [1.807, 2.05) is 60.7 Å². The molecule has 0 fully saturated rings. The lowest BCUT2D eigenvalue weighted by atomic mass is 10.1. The summed E-state index contributed by atoms with van der Waals surface area (Å²) in [7, 11) is 0. The maximum atomic E-state index is 12.0. The Morgan fingerprint density at radius 2 is 1.04 bits per heavy atom. The molecule has 0 aliphatic heterocycles. The lowest BCUT2D eigenvalue weighted by Gasteiger charge is -2.26. The van der Waals surface area contributed by atoms with Gasteiger partial charge in [-0.15, -0.1) is 0 Å². The van der Waals surface area contributed by atoms with Gasteiger partial charge in [0.25, 0.3) is 0 Å². The summed E-state index contributed by atoms with van der Waals surface area (Å²) in [6.07, 6.45) is 8.29. The van der Waals surface area contributed by atoms with Gasteiger partial charge in [-0.2, -0.15) is 10.5 Å². The molecular weight excluding hydrogens is 580 g/mol. The first-order valence-electron chi connectivity index (χ1n) is 16.3. The summed E-state index contributed by atoms with van der Waals surface area (Å²) in [5.74, 6) is -1.22. The largest absolute Gasteiger partial charge is 0.462 e. The highest BCUT2D eigenvalue weighted by molar-refractivity contribution is 5.98. The molecule has 246 valence electrons. The van der Waals surface area contributed by atoms with Crippen LogP contribution < -0.4 is 9.80 Å². The fraction of sp³-hybridized carbons (Fsp3) is 0.459. The van der Waals surface area contributed by atoms with Gasteiger partial charge in [0.05, 0.1) is 19.8 Å². The average Bonchev–Trinajstić information content (AvgIpc) is 3.07. The molecule has 0 saturated carbocycles. The zero-order chi connectivity index (χ0) is 33.6. The minimum Gasteiger partial charge on any atom is -0.462 e. The second-order valence-electron chi connectivity index (χ2n) is 10.6. The van der Waals surface area contributed by atoms with Gasteiger partial charge < -0.3 is 24.0 Å². The molecule has 2 aromatic carbocycles. The van der Waals surface area contributed by atoms with Crippen LogP contribution in [0.5, 0.6) is 0 Å². The van der Waals surface area contributed by atoms with E-state index in [1.54, 1.807) is 26.0 Å². The van der Waals surface area contributed by atoms with Crippen molar-refractivity contribution in [2.75, 3.05) is 62.4 Å². The summed E-state index contributed by atoms with van der Waals surface area (Å²) in [6, 6.07) is 19.5. The van der Waals surface area contributed by atoms with E-state index < -0.39 is 11.9 Å². The molecule has 0 bridgehead atoms. The molecule has 2 rings (SSSR count). The highest BCUT2D eigenvalue weighted by Gasteiger charge is 2.12. The monoisotopic (exact) mass is 628 g/mol. The number of hydrogen-bond acceptors (Lipinski definition) is 9. The molecule has 46 heavy (non-hydrogen) atoms. The van der Waals surface area contributed by atoms with E-state index in [1.165, 1.54) is 0 Å². The van der Waals surface area contributed by atoms with Crippen molar-refractivity contribution in [2.24, 2.45) is 0 Å². The standard InChI is InChI=1S/C37H48N4O5/c1-5-9-20-40(34-16-12-30(13-17-34)26-32(28-38)36(42)45-7-3)22-11-24-44-25-23-41(21-10-6-2)35-18-14-31(15-19-35)27-33(29-39)37(43)46-8-4/h12-19,26-27H,5-11,20-25H2,1-4H3/b32-26+,33-27+. The number of anilines is 2. The Labute approximate surface area is 274 Å². The van der Waals surface area contributed by atoms with Crippen LogP contribution in [0.15, 0.2) is 59.7 Å². The molecule has 9 nitrogen and oxygen atoms in total. The fourth-order valence-corrected chi connectivity index (χ4v) is 4.66. The van der Waals surface area contributed by atoms with Crippen molar-refractivity contribution in [3.05, 3.63) is 70.8 Å². The number of nitrogens with zero attached hydrogens (tertiary/aromatic N) is 4. The Morgan fingerprint density at radius 3 is 1.43 bits per heavy atom. The number of rotatable bonds is 21. The number of hydrogen-bond donors (Lipinski definition) is 0. The zero-order valence-electron chi connectivity index (χ0n) is 27.8. The van der Waals surface area contributed by atoms with Crippen LogP contribution in [-0.4, -0.2) is 64.5 Å². The Hall–Kier alpha value is -4.60. The Morgan fingerprint density at radius 1 is 0.630 bits per heavy atom. The molecule has 0 atom stereocenters. The van der Waals surface area contributed by atoms with Crippen molar-refractivity contribution in [3.63, 3.8) is 0 Å². The van der Waals surface area contributed by atoms with Gasteiger partial charge in [-0.05, 0) is 80.7 Å². The van der Waals surface area contributed by atoms with E-state index in [0.29, 0.717) is 13.2 Å². The summed E-state index contributed by atoms with van der Waals surface area (Å²) in [5, 5.41) is 18.6. The van der Waals surface area contributed by atoms with Crippen LogP contribution >= 0.6 is 0 Å². The Bertz CT molecular complexity index is 1250. The third-order valence-electron chi connectivity index (χ3n) is 7.16. The third-order valence-corrected chi connectivity index (χ3v) is 7.16. The van der Waals surface area contributed by atoms with Crippen molar-refractivity contribution in [1.82, 2.24) is 0 Å². The van der Waals surface area contributed by atoms with Crippen LogP contribution in [0, 0.1) is 22.7 Å². The first kappa shape index (κ1) is 37.6. The van der Waals surface area contributed by atoms with Gasteiger partial charge in [0, 0.05) is 44.2 Å². The summed E-state index contributed by atoms with van der Waals surface area (Å²) >= 11 is 0. The third kappa shape index (κ3) is 13.2. The van der Waals surface area contributed by atoms with Crippen LogP contribution in [-0.2, 0) is 23.8 Å². The summed E-state index contributed by atoms with van der Waals surface area (Å²) in [4.78, 5) is 28.6. The Kier molecular flexibility index (Phi) is 18.0. The van der Waals surface area contributed by atoms with E-state index >= 15 is 0 Å². The van der Waals surface area contributed by atoms with Crippen LogP contribution in [0.4, 0.5) is 11.4 Å². The summed E-state index contributed by atoms with van der Waals surface area (Å²) in [6.45, 7) is 12.9. The van der Waals surface area contributed by atoms with Gasteiger partial charge in [-0.3, -0.25) is 0 Å². The van der Waals surface area contributed by atoms with Crippen LogP contribution in [0.1, 0.15) is 70.9 Å². The highest BCUT2D eigenvalue weighted by atomic mass is 16.5. The topological polar surface area (TPSA) is 116 Å². The van der Waals surface area contributed by atoms with E-state index in [2.05, 4.69) is 23.6 Å². The number of unbranched alkanes of at least 4 members (excludes halogenated alkanes) is 2. The molecule has 0 aliphatic carbocycles. The molecule has 0 N–H and O–H groups in total. The van der Waals surface area contributed by atoms with E-state index in [0.717, 1.165) is 80.8 Å². The predicted octanol–water partition coefficient (Wildman–Crippen LogP) is 6.95. The maximum absolute atomic E-state index is 12.0. The lowest BCUT2D eigenvalue weighted by molar-refractivity contribution is -0.138. The van der Waals surface area contributed by atoms with E-state index in [4.69, 9.17) is 14.2 Å². The minimum absolute atomic E-state index is 0.0164. The van der Waals surface area contributed by atoms with Gasteiger partial charge in [-0.25, -0.2) is 9.59 Å². The maximum Gasteiger partial charge on any atom is 0.348 e. The number of esters is 2. The van der Waals surface area contributed by atoms with Crippen molar-refractivity contribution in [3.8, 4) is 12.1 Å². The smallest absolute Gasteiger partial charge is 0.348 e. The Balaban J connectivity index is 1.94. The van der Waals surface area contributed by atoms with E-state index in [-0.39, 0.29) is 24.4 Å². The molecular formula is C37H48N4O5.